The maximum atomic E-state index is 13.5. The van der Waals surface area contributed by atoms with E-state index in [1.54, 1.807) is 56.3 Å². The van der Waals surface area contributed by atoms with Crippen LogP contribution in [0.1, 0.15) is 31.4 Å². The summed E-state index contributed by atoms with van der Waals surface area (Å²) in [6.45, 7) is 5.50. The number of carbonyl (C=O) groups is 2. The van der Waals surface area contributed by atoms with Crippen LogP contribution in [0.3, 0.4) is 0 Å². The Balaban J connectivity index is 2.44. The summed E-state index contributed by atoms with van der Waals surface area (Å²) in [5.74, 6) is -0.820. The molecule has 0 heterocycles. The van der Waals surface area contributed by atoms with Crippen molar-refractivity contribution in [2.45, 2.75) is 39.8 Å². The summed E-state index contributed by atoms with van der Waals surface area (Å²) in [5, 5.41) is 3.44. The summed E-state index contributed by atoms with van der Waals surface area (Å²) in [6.07, 6.45) is 1.40. The molecule has 1 N–H and O–H groups in total. The second-order valence-electron chi connectivity index (χ2n) is 7.69. The zero-order valence-corrected chi connectivity index (χ0v) is 21.5. The Morgan fingerprint density at radius 3 is 2.18 bits per heavy atom. The van der Waals surface area contributed by atoms with Crippen molar-refractivity contribution in [3.63, 3.8) is 0 Å². The zero-order chi connectivity index (χ0) is 24.8. The van der Waals surface area contributed by atoms with Crippen molar-refractivity contribution in [3.8, 4) is 0 Å². The minimum atomic E-state index is -3.76. The highest BCUT2D eigenvalue weighted by Gasteiger charge is 2.31. The van der Waals surface area contributed by atoms with E-state index in [-0.39, 0.29) is 12.5 Å². The Morgan fingerprint density at radius 2 is 1.67 bits per heavy atom. The molecule has 1 atom stereocenters. The molecule has 0 saturated carbocycles. The molecule has 2 amide bonds. The Bertz CT molecular complexity index is 1090. The summed E-state index contributed by atoms with van der Waals surface area (Å²) >= 11 is 12.1. The molecule has 2 aromatic carbocycles. The topological polar surface area (TPSA) is 86.8 Å². The average molecular weight is 514 g/mol. The van der Waals surface area contributed by atoms with Gasteiger partial charge in [0, 0.05) is 13.1 Å². The molecule has 180 valence electrons. The van der Waals surface area contributed by atoms with Crippen molar-refractivity contribution >= 4 is 50.7 Å². The summed E-state index contributed by atoms with van der Waals surface area (Å²) in [7, 11) is -3.76. The van der Waals surface area contributed by atoms with Gasteiger partial charge in [-0.25, -0.2) is 8.42 Å². The van der Waals surface area contributed by atoms with Gasteiger partial charge < -0.3 is 10.2 Å². The van der Waals surface area contributed by atoms with Gasteiger partial charge in [0.2, 0.25) is 21.8 Å². The summed E-state index contributed by atoms with van der Waals surface area (Å²) < 4.78 is 26.1. The first-order valence-corrected chi connectivity index (χ1v) is 13.1. The fourth-order valence-electron chi connectivity index (χ4n) is 3.37. The molecule has 0 spiro atoms. The van der Waals surface area contributed by atoms with Crippen LogP contribution in [-0.4, -0.2) is 50.5 Å². The van der Waals surface area contributed by atoms with E-state index in [2.05, 4.69) is 5.32 Å². The third-order valence-electron chi connectivity index (χ3n) is 5.08. The van der Waals surface area contributed by atoms with Crippen molar-refractivity contribution < 1.29 is 18.0 Å². The zero-order valence-electron chi connectivity index (χ0n) is 19.1. The van der Waals surface area contributed by atoms with E-state index in [1.165, 1.54) is 4.90 Å². The molecule has 7 nitrogen and oxygen atoms in total. The number of carbonyl (C=O) groups excluding carboxylic acids is 2. The maximum absolute atomic E-state index is 13.5. The number of benzene rings is 2. The van der Waals surface area contributed by atoms with Gasteiger partial charge in [-0.15, -0.1) is 0 Å². The van der Waals surface area contributed by atoms with Gasteiger partial charge >= 0.3 is 0 Å². The number of hydrogen-bond acceptors (Lipinski definition) is 4. The molecule has 0 aliphatic rings. The molecule has 2 aromatic rings. The van der Waals surface area contributed by atoms with E-state index < -0.39 is 28.5 Å². The van der Waals surface area contributed by atoms with E-state index in [1.807, 2.05) is 6.92 Å². The lowest BCUT2D eigenvalue weighted by Crippen LogP contribution is -2.52. The van der Waals surface area contributed by atoms with Crippen molar-refractivity contribution in [1.29, 1.82) is 0 Å². The third-order valence-corrected chi connectivity index (χ3v) is 6.95. The predicted molar refractivity (Wildman–Crippen MR) is 133 cm³/mol. The minimum Gasteiger partial charge on any atom is -0.355 e. The molecule has 0 unspecified atom stereocenters. The van der Waals surface area contributed by atoms with E-state index in [0.717, 1.165) is 16.1 Å². The second kappa shape index (κ2) is 11.7. The summed E-state index contributed by atoms with van der Waals surface area (Å²) in [6, 6.07) is 11.0. The van der Waals surface area contributed by atoms with Gasteiger partial charge in [0.25, 0.3) is 0 Å². The van der Waals surface area contributed by atoms with Crippen LogP contribution in [0.2, 0.25) is 10.0 Å². The SMILES string of the molecule is CCNC(=O)[C@H](CC)N(Cc1ccc(Cl)c(Cl)c1)C(=O)CN(c1ccc(C)cc1)S(C)(=O)=O. The van der Waals surface area contributed by atoms with Crippen LogP contribution in [0.5, 0.6) is 0 Å². The molecule has 0 aliphatic heterocycles. The van der Waals surface area contributed by atoms with Crippen LogP contribution in [0.25, 0.3) is 0 Å². The number of rotatable bonds is 10. The standard InChI is InChI=1S/C23H29Cl2N3O4S/c1-5-21(23(30)26-6-2)27(14-17-9-12-19(24)20(25)13-17)22(29)15-28(33(4,31)32)18-10-7-16(3)8-11-18/h7-13,21H,5-6,14-15H2,1-4H3,(H,26,30)/t21-/m0/s1. The smallest absolute Gasteiger partial charge is 0.244 e. The first-order chi connectivity index (χ1) is 15.5. The highest BCUT2D eigenvalue weighted by Crippen LogP contribution is 2.25. The number of hydrogen-bond donors (Lipinski definition) is 1. The first kappa shape index (κ1) is 27.0. The monoisotopic (exact) mass is 513 g/mol. The molecule has 0 aliphatic carbocycles. The fraction of sp³-hybridized carbons (Fsp3) is 0.391. The molecule has 0 aromatic heterocycles. The number of nitrogens with zero attached hydrogens (tertiary/aromatic N) is 2. The first-order valence-electron chi connectivity index (χ1n) is 10.5. The van der Waals surface area contributed by atoms with Gasteiger partial charge in [0.05, 0.1) is 22.0 Å². The van der Waals surface area contributed by atoms with Crippen LogP contribution in [0.15, 0.2) is 42.5 Å². The Morgan fingerprint density at radius 1 is 1.03 bits per heavy atom. The van der Waals surface area contributed by atoms with Gasteiger partial charge in [-0.2, -0.15) is 0 Å². The lowest BCUT2D eigenvalue weighted by molar-refractivity contribution is -0.140. The largest absolute Gasteiger partial charge is 0.355 e. The quantitative estimate of drug-likeness (QED) is 0.519. The normalized spacial score (nSPS) is 12.2. The van der Waals surface area contributed by atoms with Gasteiger partial charge in [-0.3, -0.25) is 13.9 Å². The number of halogens is 2. The maximum Gasteiger partial charge on any atom is 0.244 e. The van der Waals surface area contributed by atoms with Gasteiger partial charge in [0.1, 0.15) is 12.6 Å². The van der Waals surface area contributed by atoms with Crippen LogP contribution in [0, 0.1) is 6.92 Å². The minimum absolute atomic E-state index is 0.0663. The lowest BCUT2D eigenvalue weighted by Gasteiger charge is -2.32. The molecule has 0 bridgehead atoms. The highest BCUT2D eigenvalue weighted by molar-refractivity contribution is 7.92. The van der Waals surface area contributed by atoms with Gasteiger partial charge in [-0.1, -0.05) is 53.9 Å². The van der Waals surface area contributed by atoms with Crippen LogP contribution in [-0.2, 0) is 26.2 Å². The number of anilines is 1. The average Bonchev–Trinajstić information content (AvgIpc) is 2.74. The van der Waals surface area contributed by atoms with E-state index in [0.29, 0.717) is 34.3 Å². The molecule has 0 fully saturated rings. The van der Waals surface area contributed by atoms with Gasteiger partial charge in [0.15, 0.2) is 0 Å². The van der Waals surface area contributed by atoms with E-state index in [4.69, 9.17) is 23.2 Å². The van der Waals surface area contributed by atoms with Crippen molar-refractivity contribution in [2.24, 2.45) is 0 Å². The Labute approximate surface area is 205 Å². The van der Waals surface area contributed by atoms with Crippen LogP contribution in [0.4, 0.5) is 5.69 Å². The number of nitrogens with one attached hydrogen (secondary N) is 1. The van der Waals surface area contributed by atoms with Crippen molar-refractivity contribution in [2.75, 3.05) is 23.7 Å². The number of likely N-dealkylation sites (N-methyl/N-ethyl adjacent to an activating group) is 1. The summed E-state index contributed by atoms with van der Waals surface area (Å²) in [4.78, 5) is 27.6. The van der Waals surface area contributed by atoms with Crippen LogP contribution < -0.4 is 9.62 Å². The third kappa shape index (κ3) is 7.35. The molecule has 0 saturated heterocycles. The molecule has 33 heavy (non-hydrogen) atoms. The summed E-state index contributed by atoms with van der Waals surface area (Å²) in [5.41, 5.74) is 2.00. The molecule has 10 heteroatoms. The fourth-order valence-corrected chi connectivity index (χ4v) is 4.54. The Hall–Kier alpha value is -2.29. The molecular formula is C23H29Cl2N3O4S. The highest BCUT2D eigenvalue weighted by atomic mass is 35.5. The van der Waals surface area contributed by atoms with E-state index in [9.17, 15) is 18.0 Å². The molecule has 2 rings (SSSR count). The number of amides is 2. The van der Waals surface area contributed by atoms with Crippen molar-refractivity contribution in [1.82, 2.24) is 10.2 Å². The molecule has 0 radical (unpaired) electrons. The van der Waals surface area contributed by atoms with Crippen LogP contribution >= 0.6 is 23.2 Å². The molecular weight excluding hydrogens is 485 g/mol. The number of sulfonamides is 1. The van der Waals surface area contributed by atoms with E-state index >= 15 is 0 Å². The Kier molecular flexibility index (Phi) is 9.57. The second-order valence-corrected chi connectivity index (χ2v) is 10.4. The number of aryl methyl sites for hydroxylation is 1. The predicted octanol–water partition coefficient (Wildman–Crippen LogP) is 4.01. The van der Waals surface area contributed by atoms with Crippen molar-refractivity contribution in [3.05, 3.63) is 63.6 Å². The lowest BCUT2D eigenvalue weighted by atomic mass is 10.1. The van der Waals surface area contributed by atoms with Gasteiger partial charge in [-0.05, 0) is 50.1 Å².